The maximum atomic E-state index is 13.3. The third-order valence-corrected chi connectivity index (χ3v) is 6.21. The number of phenolic OH excluding ortho intramolecular Hbond substituents is 1. The number of hydrogen-bond acceptors (Lipinski definition) is 4. The maximum Gasteiger partial charge on any atom is 0.309 e. The zero-order valence-electron chi connectivity index (χ0n) is 20.0. The third-order valence-electron chi connectivity index (χ3n) is 6.21. The summed E-state index contributed by atoms with van der Waals surface area (Å²) >= 11 is 0. The van der Waals surface area contributed by atoms with E-state index in [1.807, 2.05) is 26.0 Å². The first kappa shape index (κ1) is 24.7. The second-order valence-corrected chi connectivity index (χ2v) is 8.73. The molecule has 0 spiro atoms. The molecule has 0 aliphatic rings. The van der Waals surface area contributed by atoms with Crippen LogP contribution < -0.4 is 11.1 Å². The molecule has 4 N–H and O–H groups in total. The number of hydrogen-bond donors (Lipinski definition) is 3. The second kappa shape index (κ2) is 10.0. The van der Waals surface area contributed by atoms with Gasteiger partial charge in [0.05, 0.1) is 11.1 Å². The monoisotopic (exact) mass is 487 g/mol. The summed E-state index contributed by atoms with van der Waals surface area (Å²) in [5, 5.41) is 13.9. The number of aromatic nitrogens is 1. The van der Waals surface area contributed by atoms with Crippen LogP contribution in [-0.4, -0.2) is 33.8 Å². The van der Waals surface area contributed by atoms with Gasteiger partial charge in [0.2, 0.25) is 0 Å². The molecule has 4 rings (SSSR count). The minimum absolute atomic E-state index is 0.140. The quantitative estimate of drug-likeness (QED) is 0.273. The van der Waals surface area contributed by atoms with E-state index in [0.29, 0.717) is 13.0 Å². The molecule has 0 saturated heterocycles. The van der Waals surface area contributed by atoms with Crippen LogP contribution in [-0.2, 0) is 22.6 Å². The Morgan fingerprint density at radius 1 is 1.00 bits per heavy atom. The van der Waals surface area contributed by atoms with E-state index in [2.05, 4.69) is 16.0 Å². The lowest BCUT2D eigenvalue weighted by molar-refractivity contribution is -0.137. The van der Waals surface area contributed by atoms with Crippen LogP contribution in [0.4, 0.5) is 4.39 Å². The Morgan fingerprint density at radius 2 is 1.72 bits per heavy atom. The lowest BCUT2D eigenvalue weighted by Gasteiger charge is -2.13. The van der Waals surface area contributed by atoms with Gasteiger partial charge in [0, 0.05) is 29.7 Å². The molecule has 0 aliphatic heterocycles. The predicted octanol–water partition coefficient (Wildman–Crippen LogP) is 3.53. The molecule has 36 heavy (non-hydrogen) atoms. The lowest BCUT2D eigenvalue weighted by atomic mass is 10.00. The first-order chi connectivity index (χ1) is 17.2. The van der Waals surface area contributed by atoms with E-state index in [-0.39, 0.29) is 29.2 Å². The van der Waals surface area contributed by atoms with Gasteiger partial charge in [-0.15, -0.1) is 0 Å². The van der Waals surface area contributed by atoms with Gasteiger partial charge >= 0.3 is 11.8 Å². The number of rotatable bonds is 7. The average Bonchev–Trinajstić information content (AvgIpc) is 3.18. The van der Waals surface area contributed by atoms with Crippen LogP contribution >= 0.6 is 0 Å². The molecule has 184 valence electrons. The van der Waals surface area contributed by atoms with E-state index >= 15 is 0 Å². The molecule has 1 heterocycles. The van der Waals surface area contributed by atoms with Crippen molar-refractivity contribution in [2.45, 2.75) is 26.8 Å². The van der Waals surface area contributed by atoms with Crippen molar-refractivity contribution in [2.75, 3.05) is 6.54 Å². The fourth-order valence-electron chi connectivity index (χ4n) is 4.36. The second-order valence-electron chi connectivity index (χ2n) is 8.73. The number of phenols is 1. The summed E-state index contributed by atoms with van der Waals surface area (Å²) < 4.78 is 15.4. The highest BCUT2D eigenvalue weighted by atomic mass is 19.1. The zero-order valence-corrected chi connectivity index (χ0v) is 20.0. The molecule has 0 fully saturated rings. The predicted molar refractivity (Wildman–Crippen MR) is 134 cm³/mol. The molecular formula is C28H26FN3O4. The number of primary amides is 1. The van der Waals surface area contributed by atoms with Crippen LogP contribution in [0.1, 0.15) is 38.3 Å². The van der Waals surface area contributed by atoms with Gasteiger partial charge in [-0.05, 0) is 79.4 Å². The Hall–Kier alpha value is -4.46. The molecule has 3 aromatic carbocycles. The van der Waals surface area contributed by atoms with Gasteiger partial charge in [0.15, 0.2) is 5.78 Å². The van der Waals surface area contributed by atoms with Gasteiger partial charge in [0.1, 0.15) is 11.6 Å². The number of ketones is 1. The van der Waals surface area contributed by atoms with Crippen molar-refractivity contribution in [2.24, 2.45) is 5.73 Å². The van der Waals surface area contributed by atoms with Crippen LogP contribution in [0.25, 0.3) is 10.9 Å². The van der Waals surface area contributed by atoms with Crippen LogP contribution in [0, 0.1) is 19.7 Å². The molecule has 0 bridgehead atoms. The summed E-state index contributed by atoms with van der Waals surface area (Å²) in [5.41, 5.74) is 10.3. The number of nitrogens with one attached hydrogen (secondary N) is 1. The average molecular weight is 488 g/mol. The van der Waals surface area contributed by atoms with Gasteiger partial charge in [-0.1, -0.05) is 18.2 Å². The number of aryl methyl sites for hydroxylation is 2. The lowest BCUT2D eigenvalue weighted by Crippen LogP contribution is -2.37. The number of carbonyl (C=O) groups excluding carboxylic acids is 3. The van der Waals surface area contributed by atoms with E-state index in [1.54, 1.807) is 12.1 Å². The highest BCUT2D eigenvalue weighted by Gasteiger charge is 2.17. The van der Waals surface area contributed by atoms with Gasteiger partial charge in [-0.3, -0.25) is 14.4 Å². The molecule has 0 radical (unpaired) electrons. The van der Waals surface area contributed by atoms with E-state index < -0.39 is 17.6 Å². The van der Waals surface area contributed by atoms with Crippen molar-refractivity contribution in [3.63, 3.8) is 0 Å². The molecule has 7 nitrogen and oxygen atoms in total. The Kier molecular flexibility index (Phi) is 6.87. The molecule has 4 aromatic rings. The van der Waals surface area contributed by atoms with E-state index in [4.69, 9.17) is 5.73 Å². The normalized spacial score (nSPS) is 11.0. The summed E-state index contributed by atoms with van der Waals surface area (Å²) in [6.45, 7) is 4.74. The summed E-state index contributed by atoms with van der Waals surface area (Å²) in [6.07, 6.45) is 0.523. The zero-order chi connectivity index (χ0) is 26.0. The third kappa shape index (κ3) is 4.98. The first-order valence-electron chi connectivity index (χ1n) is 11.4. The summed E-state index contributed by atoms with van der Waals surface area (Å²) in [4.78, 5) is 35.4. The van der Waals surface area contributed by atoms with Crippen molar-refractivity contribution < 1.29 is 23.9 Å². The van der Waals surface area contributed by atoms with Crippen molar-refractivity contribution in [1.29, 1.82) is 0 Å². The van der Waals surface area contributed by atoms with E-state index in [0.717, 1.165) is 33.3 Å². The molecule has 1 aromatic heterocycles. The number of nitrogens with two attached hydrogens (primary N) is 1. The number of benzene rings is 3. The minimum atomic E-state index is -1.02. The SMILES string of the molecule is Cc1ccc(CCNC(=O)C(N)=O)c2cc(C)n(Cc3ccc(O)c(C(=O)c4ccc(F)cc4)c3)c12. The van der Waals surface area contributed by atoms with Crippen molar-refractivity contribution in [1.82, 2.24) is 9.88 Å². The van der Waals surface area contributed by atoms with Crippen molar-refractivity contribution in [3.05, 3.63) is 100.0 Å². The Bertz CT molecular complexity index is 1490. The maximum absolute atomic E-state index is 13.3. The van der Waals surface area contributed by atoms with Crippen LogP contribution in [0.3, 0.4) is 0 Å². The fourth-order valence-corrected chi connectivity index (χ4v) is 4.36. The fraction of sp³-hybridized carbons (Fsp3) is 0.179. The van der Waals surface area contributed by atoms with E-state index in [9.17, 15) is 23.9 Å². The molecule has 0 atom stereocenters. The minimum Gasteiger partial charge on any atom is -0.507 e. The highest BCUT2D eigenvalue weighted by molar-refractivity contribution is 6.34. The van der Waals surface area contributed by atoms with Crippen molar-refractivity contribution in [3.8, 4) is 5.75 Å². The highest BCUT2D eigenvalue weighted by Crippen LogP contribution is 2.29. The standard InChI is InChI=1S/C28H26FN3O4/c1-16-3-5-19(11-12-31-28(36)27(30)35)22-13-17(2)32(25(16)22)15-18-4-10-24(33)23(14-18)26(34)20-6-8-21(29)9-7-20/h3-10,13-14,33H,11-12,15H2,1-2H3,(H2,30,35)(H,31,36). The number of nitrogens with zero attached hydrogens (tertiary/aromatic N) is 1. The number of carbonyl (C=O) groups is 3. The summed E-state index contributed by atoms with van der Waals surface area (Å²) in [6, 6.07) is 16.2. The van der Waals surface area contributed by atoms with Gasteiger partial charge in [-0.25, -0.2) is 4.39 Å². The summed E-state index contributed by atoms with van der Waals surface area (Å²) in [7, 11) is 0. The number of fused-ring (bicyclic) bond motifs is 1. The van der Waals surface area contributed by atoms with Gasteiger partial charge < -0.3 is 20.7 Å². The van der Waals surface area contributed by atoms with Crippen molar-refractivity contribution >= 4 is 28.5 Å². The Balaban J connectivity index is 1.64. The van der Waals surface area contributed by atoms with E-state index in [1.165, 1.54) is 30.3 Å². The molecular weight excluding hydrogens is 461 g/mol. The smallest absolute Gasteiger partial charge is 0.309 e. The Labute approximate surface area is 207 Å². The number of amides is 2. The molecule has 0 saturated carbocycles. The molecule has 0 aliphatic carbocycles. The summed E-state index contributed by atoms with van der Waals surface area (Å²) in [5.74, 6) is -2.80. The number of halogens is 1. The topological polar surface area (TPSA) is 114 Å². The first-order valence-corrected chi connectivity index (χ1v) is 11.4. The molecule has 0 unspecified atom stereocenters. The largest absolute Gasteiger partial charge is 0.507 e. The number of aromatic hydroxyl groups is 1. The van der Waals surface area contributed by atoms with Crippen LogP contribution in [0.2, 0.25) is 0 Å². The van der Waals surface area contributed by atoms with Crippen LogP contribution in [0.15, 0.2) is 60.7 Å². The molecule has 2 amide bonds. The van der Waals surface area contributed by atoms with Gasteiger partial charge in [-0.2, -0.15) is 0 Å². The van der Waals surface area contributed by atoms with Gasteiger partial charge in [0.25, 0.3) is 0 Å². The molecule has 8 heteroatoms. The van der Waals surface area contributed by atoms with Crippen LogP contribution in [0.5, 0.6) is 5.75 Å². The Morgan fingerprint density at radius 3 is 2.42 bits per heavy atom.